The molecule has 9 heavy (non-hydrogen) atoms. The zero-order chi connectivity index (χ0) is 7.11. The summed E-state index contributed by atoms with van der Waals surface area (Å²) in [6, 6.07) is 0. The third-order valence-corrected chi connectivity index (χ3v) is 1.07. The van der Waals surface area contributed by atoms with E-state index in [1.165, 1.54) is 0 Å². The zero-order valence-corrected chi connectivity index (χ0v) is 6.05. The lowest BCUT2D eigenvalue weighted by molar-refractivity contribution is 0.543. The maximum absolute atomic E-state index is 9.54. The van der Waals surface area contributed by atoms with Crippen LogP contribution in [-0.4, -0.2) is 13.2 Å². The summed E-state index contributed by atoms with van der Waals surface area (Å²) in [6.07, 6.45) is 1.11. The highest BCUT2D eigenvalue weighted by molar-refractivity contribution is 4.48. The van der Waals surface area contributed by atoms with Gasteiger partial charge >= 0.3 is 0 Å². The van der Waals surface area contributed by atoms with Crippen LogP contribution >= 0.6 is 0 Å². The molecule has 0 heterocycles. The van der Waals surface area contributed by atoms with Gasteiger partial charge < -0.3 is 0 Å². The van der Waals surface area contributed by atoms with Crippen molar-refractivity contribution in [3.63, 3.8) is 0 Å². The van der Waals surface area contributed by atoms with E-state index in [0.717, 1.165) is 13.0 Å². The highest BCUT2D eigenvalue weighted by atomic mass is 16.3. The van der Waals surface area contributed by atoms with Crippen molar-refractivity contribution < 1.29 is 0 Å². The lowest BCUT2D eigenvalue weighted by atomic mass is 10.1. The summed E-state index contributed by atoms with van der Waals surface area (Å²) in [5.74, 6) is 0.698. The Morgan fingerprint density at radius 2 is 2.22 bits per heavy atom. The molecule has 0 radical (unpaired) electrons. The van der Waals surface area contributed by atoms with E-state index < -0.39 is 0 Å². The van der Waals surface area contributed by atoms with Crippen LogP contribution in [0, 0.1) is 10.8 Å². The SMILES string of the molecule is CC(C)CCNCN=O. The first-order chi connectivity index (χ1) is 4.27. The van der Waals surface area contributed by atoms with Crippen molar-refractivity contribution in [2.75, 3.05) is 13.2 Å². The minimum Gasteiger partial charge on any atom is -0.295 e. The molecule has 1 N–H and O–H groups in total. The van der Waals surface area contributed by atoms with E-state index >= 15 is 0 Å². The summed E-state index contributed by atoms with van der Waals surface area (Å²) in [4.78, 5) is 9.54. The molecule has 0 unspecified atom stereocenters. The van der Waals surface area contributed by atoms with E-state index in [1.54, 1.807) is 0 Å². The standard InChI is InChI=1S/C6H14N2O/c1-6(2)3-4-7-5-8-9/h6-7H,3-5H2,1-2H3. The van der Waals surface area contributed by atoms with Crippen LogP contribution in [0.2, 0.25) is 0 Å². The van der Waals surface area contributed by atoms with E-state index in [2.05, 4.69) is 24.3 Å². The quantitative estimate of drug-likeness (QED) is 0.450. The Bertz CT molecular complexity index is 73.5. The van der Waals surface area contributed by atoms with Crippen molar-refractivity contribution in [2.24, 2.45) is 11.1 Å². The molecule has 0 aliphatic rings. The largest absolute Gasteiger partial charge is 0.295 e. The van der Waals surface area contributed by atoms with Gasteiger partial charge in [0.15, 0.2) is 0 Å². The van der Waals surface area contributed by atoms with Crippen LogP contribution in [0.5, 0.6) is 0 Å². The van der Waals surface area contributed by atoms with Crippen molar-refractivity contribution in [3.8, 4) is 0 Å². The molecule has 0 spiro atoms. The van der Waals surface area contributed by atoms with E-state index in [0.29, 0.717) is 5.92 Å². The van der Waals surface area contributed by atoms with Crippen molar-refractivity contribution in [1.29, 1.82) is 0 Å². The van der Waals surface area contributed by atoms with Gasteiger partial charge in [-0.1, -0.05) is 19.0 Å². The van der Waals surface area contributed by atoms with E-state index in [4.69, 9.17) is 0 Å². The minimum absolute atomic E-state index is 0.243. The van der Waals surface area contributed by atoms with E-state index in [1.807, 2.05) is 0 Å². The predicted molar refractivity (Wildman–Crippen MR) is 38.1 cm³/mol. The molecular formula is C6H14N2O. The van der Waals surface area contributed by atoms with Gasteiger partial charge in [0.1, 0.15) is 6.67 Å². The Hall–Kier alpha value is -0.440. The van der Waals surface area contributed by atoms with Gasteiger partial charge in [0, 0.05) is 0 Å². The molecule has 3 nitrogen and oxygen atoms in total. The van der Waals surface area contributed by atoms with Gasteiger partial charge in [-0.05, 0) is 18.9 Å². The molecular weight excluding hydrogens is 116 g/mol. The van der Waals surface area contributed by atoms with E-state index in [9.17, 15) is 4.91 Å². The monoisotopic (exact) mass is 130 g/mol. The van der Waals surface area contributed by atoms with Crippen LogP contribution in [0.25, 0.3) is 0 Å². The maximum atomic E-state index is 9.54. The number of hydrogen-bond donors (Lipinski definition) is 1. The molecule has 0 aliphatic carbocycles. The number of nitrogens with one attached hydrogen (secondary N) is 1. The molecule has 3 heteroatoms. The van der Waals surface area contributed by atoms with Gasteiger partial charge in [-0.3, -0.25) is 5.32 Å². The summed E-state index contributed by atoms with van der Waals surface area (Å²) >= 11 is 0. The molecule has 0 saturated heterocycles. The molecule has 0 amide bonds. The molecule has 0 aromatic carbocycles. The first kappa shape index (κ1) is 8.56. The fourth-order valence-electron chi connectivity index (χ4n) is 0.515. The maximum Gasteiger partial charge on any atom is 0.131 e. The van der Waals surface area contributed by atoms with Crippen LogP contribution in [-0.2, 0) is 0 Å². The summed E-state index contributed by atoms with van der Waals surface area (Å²) in [7, 11) is 0. The Morgan fingerprint density at radius 1 is 1.56 bits per heavy atom. The second-order valence-electron chi connectivity index (χ2n) is 2.47. The van der Waals surface area contributed by atoms with Crippen LogP contribution < -0.4 is 5.32 Å². The molecule has 0 aliphatic heterocycles. The molecule has 0 aromatic heterocycles. The molecule has 0 aromatic rings. The summed E-state index contributed by atoms with van der Waals surface area (Å²) in [6.45, 7) is 5.43. The Balaban J connectivity index is 2.82. The lowest BCUT2D eigenvalue weighted by Crippen LogP contribution is -2.16. The normalized spacial score (nSPS) is 10.1. The summed E-state index contributed by atoms with van der Waals surface area (Å²) in [5, 5.41) is 5.56. The van der Waals surface area contributed by atoms with Gasteiger partial charge in [0.05, 0.1) is 0 Å². The van der Waals surface area contributed by atoms with Crippen LogP contribution in [0.3, 0.4) is 0 Å². The number of hydrogen-bond acceptors (Lipinski definition) is 3. The molecule has 0 rings (SSSR count). The Morgan fingerprint density at radius 3 is 2.67 bits per heavy atom. The molecule has 0 saturated carbocycles. The van der Waals surface area contributed by atoms with Gasteiger partial charge in [-0.25, -0.2) is 0 Å². The van der Waals surface area contributed by atoms with Gasteiger partial charge in [-0.15, -0.1) is 4.91 Å². The highest BCUT2D eigenvalue weighted by Gasteiger charge is 1.90. The second kappa shape index (κ2) is 5.69. The molecule has 54 valence electrons. The number of nitroso groups, excluding NO2 is 1. The van der Waals surface area contributed by atoms with Crippen LogP contribution in [0.15, 0.2) is 5.18 Å². The van der Waals surface area contributed by atoms with Crippen LogP contribution in [0.4, 0.5) is 0 Å². The van der Waals surface area contributed by atoms with Gasteiger partial charge in [0.25, 0.3) is 0 Å². The fraction of sp³-hybridized carbons (Fsp3) is 1.00. The third-order valence-electron chi connectivity index (χ3n) is 1.07. The van der Waals surface area contributed by atoms with Crippen molar-refractivity contribution in [2.45, 2.75) is 20.3 Å². The number of rotatable bonds is 5. The van der Waals surface area contributed by atoms with Crippen molar-refractivity contribution in [1.82, 2.24) is 5.32 Å². The topological polar surface area (TPSA) is 41.5 Å². The number of nitrogens with zero attached hydrogens (tertiary/aromatic N) is 1. The Labute approximate surface area is 55.8 Å². The van der Waals surface area contributed by atoms with Crippen molar-refractivity contribution >= 4 is 0 Å². The predicted octanol–water partition coefficient (Wildman–Crippen LogP) is 1.35. The molecule has 0 bridgehead atoms. The zero-order valence-electron chi connectivity index (χ0n) is 6.05. The lowest BCUT2D eigenvalue weighted by Gasteiger charge is -2.02. The fourth-order valence-corrected chi connectivity index (χ4v) is 0.515. The second-order valence-corrected chi connectivity index (χ2v) is 2.47. The molecule has 0 fully saturated rings. The van der Waals surface area contributed by atoms with E-state index in [-0.39, 0.29) is 6.67 Å². The summed E-state index contributed by atoms with van der Waals surface area (Å²) in [5.41, 5.74) is 0. The first-order valence-electron chi connectivity index (χ1n) is 3.27. The third kappa shape index (κ3) is 7.56. The minimum atomic E-state index is 0.243. The van der Waals surface area contributed by atoms with Gasteiger partial charge in [0.2, 0.25) is 0 Å². The van der Waals surface area contributed by atoms with Crippen molar-refractivity contribution in [3.05, 3.63) is 4.91 Å². The summed E-state index contributed by atoms with van der Waals surface area (Å²) < 4.78 is 0. The average molecular weight is 130 g/mol. The highest BCUT2D eigenvalue weighted by Crippen LogP contribution is 1.95. The average Bonchev–Trinajstić information content (AvgIpc) is 1.80. The van der Waals surface area contributed by atoms with Gasteiger partial charge in [-0.2, -0.15) is 0 Å². The first-order valence-corrected chi connectivity index (χ1v) is 3.27. The Kier molecular flexibility index (Phi) is 5.41. The molecule has 0 atom stereocenters. The van der Waals surface area contributed by atoms with Crippen LogP contribution in [0.1, 0.15) is 20.3 Å². The smallest absolute Gasteiger partial charge is 0.131 e.